The van der Waals surface area contributed by atoms with Gasteiger partial charge in [0.25, 0.3) is 5.91 Å². The maximum atomic E-state index is 12.4. The van der Waals surface area contributed by atoms with Gasteiger partial charge in [-0.05, 0) is 35.0 Å². The van der Waals surface area contributed by atoms with Gasteiger partial charge >= 0.3 is 0 Å². The molecule has 6 nitrogen and oxygen atoms in total. The number of rotatable bonds is 4. The Hall–Kier alpha value is -3.67. The van der Waals surface area contributed by atoms with Gasteiger partial charge in [-0.1, -0.05) is 43.0 Å². The lowest BCUT2D eigenvalue weighted by Gasteiger charge is -2.26. The number of nitrogens with one attached hydrogen (secondary N) is 2. The maximum Gasteiger partial charge on any atom is 0.282 e. The Kier molecular flexibility index (Phi) is 4.30. The second-order valence-corrected chi connectivity index (χ2v) is 6.17. The summed E-state index contributed by atoms with van der Waals surface area (Å²) in [7, 11) is 0. The highest BCUT2D eigenvalue weighted by Crippen LogP contribution is 2.35. The van der Waals surface area contributed by atoms with E-state index in [2.05, 4.69) is 17.4 Å². The number of carbonyl (C=O) groups is 1. The van der Waals surface area contributed by atoms with Crippen LogP contribution in [0.15, 0.2) is 67.2 Å². The van der Waals surface area contributed by atoms with Gasteiger partial charge < -0.3 is 14.6 Å². The molecule has 0 aromatic heterocycles. The first-order valence-electron chi connectivity index (χ1n) is 8.47. The van der Waals surface area contributed by atoms with E-state index in [4.69, 9.17) is 9.47 Å². The summed E-state index contributed by atoms with van der Waals surface area (Å²) < 4.78 is 11.5. The summed E-state index contributed by atoms with van der Waals surface area (Å²) in [6.45, 7) is 3.91. The molecule has 0 bridgehead atoms. The van der Waals surface area contributed by atoms with E-state index in [1.165, 1.54) is 0 Å². The monoisotopic (exact) mass is 362 g/mol. The molecular formula is C21H18N2O4. The summed E-state index contributed by atoms with van der Waals surface area (Å²) in [4.78, 5) is 12.4. The van der Waals surface area contributed by atoms with Crippen molar-refractivity contribution < 1.29 is 19.4 Å². The fourth-order valence-corrected chi connectivity index (χ4v) is 2.90. The molecule has 1 heterocycles. The Morgan fingerprint density at radius 1 is 1.00 bits per heavy atom. The molecule has 0 saturated carbocycles. The quantitative estimate of drug-likeness (QED) is 0.622. The molecule has 0 fully saturated rings. The zero-order valence-electron chi connectivity index (χ0n) is 14.4. The van der Waals surface area contributed by atoms with Crippen LogP contribution in [-0.2, 0) is 4.79 Å². The third-order valence-corrected chi connectivity index (χ3v) is 4.33. The van der Waals surface area contributed by atoms with Crippen molar-refractivity contribution in [1.29, 1.82) is 0 Å². The number of hydrogen-bond donors (Lipinski definition) is 3. The van der Waals surface area contributed by atoms with Crippen molar-refractivity contribution in [2.45, 2.75) is 6.10 Å². The highest BCUT2D eigenvalue weighted by atomic mass is 16.6. The van der Waals surface area contributed by atoms with E-state index in [1.807, 2.05) is 36.4 Å². The average Bonchev–Trinajstić information content (AvgIpc) is 2.70. The van der Waals surface area contributed by atoms with Crippen LogP contribution in [0.4, 0.5) is 0 Å². The first-order chi connectivity index (χ1) is 13.1. The minimum absolute atomic E-state index is 0.0716. The van der Waals surface area contributed by atoms with Crippen LogP contribution in [0.5, 0.6) is 17.2 Å². The number of aromatic hydroxyl groups is 1. The Morgan fingerprint density at radius 3 is 2.41 bits per heavy atom. The second-order valence-electron chi connectivity index (χ2n) is 6.17. The van der Waals surface area contributed by atoms with E-state index in [-0.39, 0.29) is 12.4 Å². The number of amides is 1. The molecule has 1 aliphatic rings. The van der Waals surface area contributed by atoms with E-state index < -0.39 is 12.0 Å². The lowest BCUT2D eigenvalue weighted by atomic mass is 10.1. The summed E-state index contributed by atoms with van der Waals surface area (Å²) in [5.74, 6) is 0.816. The first-order valence-corrected chi connectivity index (χ1v) is 8.47. The van der Waals surface area contributed by atoms with E-state index in [0.29, 0.717) is 22.8 Å². The van der Waals surface area contributed by atoms with Crippen LogP contribution in [0, 0.1) is 0 Å². The van der Waals surface area contributed by atoms with Gasteiger partial charge in [-0.25, -0.2) is 0 Å². The van der Waals surface area contributed by atoms with E-state index in [0.717, 1.165) is 10.8 Å². The van der Waals surface area contributed by atoms with Gasteiger partial charge in [-0.3, -0.25) is 15.6 Å². The van der Waals surface area contributed by atoms with Crippen molar-refractivity contribution in [1.82, 2.24) is 10.9 Å². The zero-order valence-corrected chi connectivity index (χ0v) is 14.4. The fraction of sp³-hybridized carbons (Fsp3) is 0.0952. The number of ether oxygens (including phenoxy) is 2. The minimum Gasteiger partial charge on any atom is -0.507 e. The van der Waals surface area contributed by atoms with Crippen LogP contribution in [-0.4, -0.2) is 23.7 Å². The summed E-state index contributed by atoms with van der Waals surface area (Å²) in [5.41, 5.74) is 6.10. The minimum atomic E-state index is -0.802. The largest absolute Gasteiger partial charge is 0.507 e. The number of carbonyl (C=O) groups excluding carboxylic acids is 1. The summed E-state index contributed by atoms with van der Waals surface area (Å²) >= 11 is 0. The van der Waals surface area contributed by atoms with Crippen molar-refractivity contribution >= 4 is 22.4 Å². The smallest absolute Gasteiger partial charge is 0.282 e. The molecule has 1 atom stereocenters. The lowest BCUT2D eigenvalue weighted by Crippen LogP contribution is -2.48. The van der Waals surface area contributed by atoms with Gasteiger partial charge in [0.05, 0.1) is 5.70 Å². The number of phenols is 1. The van der Waals surface area contributed by atoms with Gasteiger partial charge in [-0.15, -0.1) is 0 Å². The Balaban J connectivity index is 1.43. The van der Waals surface area contributed by atoms with Gasteiger partial charge in [0.15, 0.2) is 11.5 Å². The zero-order chi connectivity index (χ0) is 18.8. The van der Waals surface area contributed by atoms with E-state index in [1.54, 1.807) is 24.3 Å². The number of fused-ring (bicyclic) bond motifs is 2. The van der Waals surface area contributed by atoms with Crippen LogP contribution in [0.1, 0.15) is 5.56 Å². The molecule has 0 aliphatic carbocycles. The van der Waals surface area contributed by atoms with Crippen molar-refractivity contribution in [3.05, 3.63) is 72.8 Å². The molecule has 3 aromatic rings. The van der Waals surface area contributed by atoms with Gasteiger partial charge in [0.1, 0.15) is 12.4 Å². The predicted molar refractivity (Wildman–Crippen MR) is 102 cm³/mol. The Labute approximate surface area is 156 Å². The molecule has 0 saturated heterocycles. The van der Waals surface area contributed by atoms with E-state index >= 15 is 0 Å². The van der Waals surface area contributed by atoms with Gasteiger partial charge in [0.2, 0.25) is 6.10 Å². The molecule has 0 unspecified atom stereocenters. The molecular weight excluding hydrogens is 344 g/mol. The molecule has 27 heavy (non-hydrogen) atoms. The number of para-hydroxylation sites is 1. The fourth-order valence-electron chi connectivity index (χ4n) is 2.90. The maximum absolute atomic E-state index is 12.4. The van der Waals surface area contributed by atoms with Crippen LogP contribution in [0.25, 0.3) is 16.5 Å². The molecule has 0 spiro atoms. The summed E-state index contributed by atoms with van der Waals surface area (Å²) in [5, 5.41) is 11.9. The SMILES string of the molecule is C=C(NNC(=O)[C@H]1COc2cc3ccccc3cc2O1)c1ccccc1O. The Morgan fingerprint density at radius 2 is 1.67 bits per heavy atom. The molecule has 0 radical (unpaired) electrons. The number of hydrazine groups is 1. The third kappa shape index (κ3) is 3.37. The van der Waals surface area contributed by atoms with Crippen LogP contribution in [0.2, 0.25) is 0 Å². The molecule has 6 heteroatoms. The van der Waals surface area contributed by atoms with Crippen molar-refractivity contribution in [3.8, 4) is 17.2 Å². The molecule has 3 aromatic carbocycles. The first kappa shape index (κ1) is 16.8. The van der Waals surface area contributed by atoms with Crippen molar-refractivity contribution in [3.63, 3.8) is 0 Å². The number of benzene rings is 3. The second kappa shape index (κ2) is 6.92. The van der Waals surface area contributed by atoms with Crippen LogP contribution in [0.3, 0.4) is 0 Å². The van der Waals surface area contributed by atoms with E-state index in [9.17, 15) is 9.90 Å². The normalized spacial score (nSPS) is 15.2. The number of phenolic OH excluding ortho intramolecular Hbond substituents is 1. The molecule has 3 N–H and O–H groups in total. The highest BCUT2D eigenvalue weighted by molar-refractivity contribution is 5.87. The standard InChI is InChI=1S/C21H18N2O4/c1-13(16-8-4-5-9-17(16)24)22-23-21(25)20-12-26-18-10-14-6-2-3-7-15(14)11-19(18)27-20/h2-11,20,22,24H,1,12H2,(H,23,25)/t20-/m1/s1. The third-order valence-electron chi connectivity index (χ3n) is 4.33. The highest BCUT2D eigenvalue weighted by Gasteiger charge is 2.28. The van der Waals surface area contributed by atoms with Gasteiger partial charge in [-0.2, -0.15) is 0 Å². The predicted octanol–water partition coefficient (Wildman–Crippen LogP) is 2.98. The topological polar surface area (TPSA) is 79.8 Å². The summed E-state index contributed by atoms with van der Waals surface area (Å²) in [6.07, 6.45) is -0.802. The lowest BCUT2D eigenvalue weighted by molar-refractivity contribution is -0.131. The molecule has 136 valence electrons. The van der Waals surface area contributed by atoms with Crippen LogP contribution < -0.4 is 20.3 Å². The summed E-state index contributed by atoms with van der Waals surface area (Å²) in [6, 6.07) is 18.3. The van der Waals surface area contributed by atoms with Crippen LogP contribution >= 0.6 is 0 Å². The Bertz CT molecular complexity index is 1030. The molecule has 1 amide bonds. The van der Waals surface area contributed by atoms with Crippen molar-refractivity contribution in [2.75, 3.05) is 6.61 Å². The van der Waals surface area contributed by atoms with Crippen molar-refractivity contribution in [2.24, 2.45) is 0 Å². The molecule has 1 aliphatic heterocycles. The molecule has 4 rings (SSSR count). The van der Waals surface area contributed by atoms with Gasteiger partial charge in [0, 0.05) is 5.56 Å². The average molecular weight is 362 g/mol. The number of hydrogen-bond acceptors (Lipinski definition) is 5.